The van der Waals surface area contributed by atoms with Crippen molar-refractivity contribution in [2.45, 2.75) is 12.5 Å². The number of hydrogen-bond donors (Lipinski definition) is 3. The SMILES string of the molecule is O=C(N[C@@H](CO)Cc1ccccc1)c1ccc(Br)cc1O. The first kappa shape index (κ1) is 15.5. The molecule has 2 rings (SSSR count). The summed E-state index contributed by atoms with van der Waals surface area (Å²) in [5, 5.41) is 21.9. The number of phenolic OH excluding ortho intramolecular Hbond substituents is 1. The van der Waals surface area contributed by atoms with Gasteiger partial charge in [0, 0.05) is 4.47 Å². The lowest BCUT2D eigenvalue weighted by molar-refractivity contribution is 0.0914. The largest absolute Gasteiger partial charge is 0.507 e. The highest BCUT2D eigenvalue weighted by Crippen LogP contribution is 2.22. The molecule has 0 aromatic heterocycles. The maximum Gasteiger partial charge on any atom is 0.255 e. The van der Waals surface area contributed by atoms with E-state index in [0.29, 0.717) is 10.9 Å². The average Bonchev–Trinajstić information content (AvgIpc) is 2.47. The lowest BCUT2D eigenvalue weighted by atomic mass is 10.1. The summed E-state index contributed by atoms with van der Waals surface area (Å²) in [5.41, 5.74) is 1.21. The molecule has 4 nitrogen and oxygen atoms in total. The van der Waals surface area contributed by atoms with E-state index in [9.17, 15) is 15.0 Å². The average molecular weight is 350 g/mol. The Hall–Kier alpha value is -1.85. The van der Waals surface area contributed by atoms with Crippen molar-refractivity contribution in [3.05, 3.63) is 64.1 Å². The first-order valence-corrected chi connectivity index (χ1v) is 7.33. The van der Waals surface area contributed by atoms with Crippen molar-refractivity contribution >= 4 is 21.8 Å². The third-order valence-electron chi connectivity index (χ3n) is 3.08. The Morgan fingerprint density at radius 1 is 1.19 bits per heavy atom. The van der Waals surface area contributed by atoms with Crippen LogP contribution in [0.25, 0.3) is 0 Å². The van der Waals surface area contributed by atoms with Crippen LogP contribution >= 0.6 is 15.9 Å². The second kappa shape index (κ2) is 7.24. The number of carbonyl (C=O) groups excluding carboxylic acids is 1. The number of hydrogen-bond acceptors (Lipinski definition) is 3. The molecule has 1 amide bonds. The maximum absolute atomic E-state index is 12.1. The molecule has 5 heteroatoms. The van der Waals surface area contributed by atoms with E-state index in [1.807, 2.05) is 30.3 Å². The van der Waals surface area contributed by atoms with Crippen molar-refractivity contribution in [2.24, 2.45) is 0 Å². The first-order valence-electron chi connectivity index (χ1n) is 6.54. The van der Waals surface area contributed by atoms with Gasteiger partial charge < -0.3 is 15.5 Å². The van der Waals surface area contributed by atoms with Gasteiger partial charge in [-0.05, 0) is 30.2 Å². The van der Waals surface area contributed by atoms with Gasteiger partial charge in [0.05, 0.1) is 18.2 Å². The lowest BCUT2D eigenvalue weighted by Crippen LogP contribution is -2.39. The van der Waals surface area contributed by atoms with Gasteiger partial charge >= 0.3 is 0 Å². The van der Waals surface area contributed by atoms with E-state index >= 15 is 0 Å². The highest BCUT2D eigenvalue weighted by atomic mass is 79.9. The maximum atomic E-state index is 12.1. The molecule has 2 aromatic rings. The third kappa shape index (κ3) is 4.31. The van der Waals surface area contributed by atoms with Gasteiger partial charge in [0.2, 0.25) is 0 Å². The number of rotatable bonds is 5. The van der Waals surface area contributed by atoms with Crippen LogP contribution in [-0.2, 0) is 6.42 Å². The van der Waals surface area contributed by atoms with Gasteiger partial charge in [-0.15, -0.1) is 0 Å². The fourth-order valence-corrected chi connectivity index (χ4v) is 2.37. The van der Waals surface area contributed by atoms with Crippen LogP contribution in [0.15, 0.2) is 53.0 Å². The van der Waals surface area contributed by atoms with E-state index in [1.54, 1.807) is 6.07 Å². The fraction of sp³-hybridized carbons (Fsp3) is 0.188. The molecule has 110 valence electrons. The Balaban J connectivity index is 2.06. The number of nitrogens with one attached hydrogen (secondary N) is 1. The molecule has 21 heavy (non-hydrogen) atoms. The Bertz CT molecular complexity index is 616. The van der Waals surface area contributed by atoms with Gasteiger partial charge in [0.15, 0.2) is 0 Å². The molecule has 0 fully saturated rings. The molecule has 3 N–H and O–H groups in total. The Morgan fingerprint density at radius 2 is 1.90 bits per heavy atom. The minimum atomic E-state index is -0.407. The molecule has 0 aliphatic carbocycles. The quantitative estimate of drug-likeness (QED) is 0.776. The second-order valence-corrected chi connectivity index (χ2v) is 5.62. The third-order valence-corrected chi connectivity index (χ3v) is 3.58. The normalized spacial score (nSPS) is 11.9. The standard InChI is InChI=1S/C16H16BrNO3/c17-12-6-7-14(15(20)9-12)16(21)18-13(10-19)8-11-4-2-1-3-5-11/h1-7,9,13,19-20H,8,10H2,(H,18,21)/t13-/m1/s1. The molecule has 0 heterocycles. The van der Waals surface area contributed by atoms with Gasteiger partial charge in [0.1, 0.15) is 5.75 Å². The summed E-state index contributed by atoms with van der Waals surface area (Å²) in [5.74, 6) is -0.506. The van der Waals surface area contributed by atoms with E-state index < -0.39 is 11.9 Å². The van der Waals surface area contributed by atoms with Gasteiger partial charge in [-0.1, -0.05) is 46.3 Å². The number of benzene rings is 2. The second-order valence-electron chi connectivity index (χ2n) is 4.70. The van der Waals surface area contributed by atoms with Gasteiger partial charge in [-0.25, -0.2) is 0 Å². The predicted octanol–water partition coefficient (Wildman–Crippen LogP) is 2.49. The van der Waals surface area contributed by atoms with Crippen LogP contribution in [0.2, 0.25) is 0 Å². The van der Waals surface area contributed by atoms with Crippen LogP contribution in [0, 0.1) is 0 Å². The highest BCUT2D eigenvalue weighted by molar-refractivity contribution is 9.10. The van der Waals surface area contributed by atoms with Crippen molar-refractivity contribution in [3.63, 3.8) is 0 Å². The van der Waals surface area contributed by atoms with E-state index in [-0.39, 0.29) is 17.9 Å². The minimum absolute atomic E-state index is 0.0988. The monoisotopic (exact) mass is 349 g/mol. The summed E-state index contributed by atoms with van der Waals surface area (Å²) >= 11 is 3.22. The van der Waals surface area contributed by atoms with Gasteiger partial charge in [-0.3, -0.25) is 4.79 Å². The molecular weight excluding hydrogens is 334 g/mol. The Kier molecular flexibility index (Phi) is 5.36. The topological polar surface area (TPSA) is 69.6 Å². The molecule has 1 atom stereocenters. The molecule has 0 spiro atoms. The number of amides is 1. The molecular formula is C16H16BrNO3. The number of aliphatic hydroxyl groups is 1. The van der Waals surface area contributed by atoms with E-state index in [4.69, 9.17) is 0 Å². The zero-order chi connectivity index (χ0) is 15.2. The van der Waals surface area contributed by atoms with Crippen LogP contribution in [-0.4, -0.2) is 28.8 Å². The number of carbonyl (C=O) groups is 1. The van der Waals surface area contributed by atoms with Crippen LogP contribution in [0.5, 0.6) is 5.75 Å². The molecule has 0 saturated heterocycles. The molecule has 2 aromatic carbocycles. The summed E-state index contributed by atoms with van der Waals surface area (Å²) in [4.78, 5) is 12.1. The summed E-state index contributed by atoms with van der Waals surface area (Å²) in [6, 6.07) is 13.9. The smallest absolute Gasteiger partial charge is 0.255 e. The predicted molar refractivity (Wildman–Crippen MR) is 84.3 cm³/mol. The summed E-state index contributed by atoms with van der Waals surface area (Å²) in [6.07, 6.45) is 0.528. The van der Waals surface area contributed by atoms with Crippen LogP contribution in [0.4, 0.5) is 0 Å². The van der Waals surface area contributed by atoms with E-state index in [2.05, 4.69) is 21.2 Å². The van der Waals surface area contributed by atoms with Gasteiger partial charge in [-0.2, -0.15) is 0 Å². The molecule has 0 radical (unpaired) electrons. The zero-order valence-corrected chi connectivity index (χ0v) is 12.9. The Labute approximate surface area is 131 Å². The van der Waals surface area contributed by atoms with E-state index in [1.165, 1.54) is 12.1 Å². The van der Waals surface area contributed by atoms with Crippen molar-refractivity contribution in [1.82, 2.24) is 5.32 Å². The molecule has 0 unspecified atom stereocenters. The Morgan fingerprint density at radius 3 is 2.52 bits per heavy atom. The molecule has 0 aliphatic heterocycles. The van der Waals surface area contributed by atoms with Crippen LogP contribution in [0.1, 0.15) is 15.9 Å². The number of halogens is 1. The zero-order valence-electron chi connectivity index (χ0n) is 11.3. The molecule has 0 aliphatic rings. The van der Waals surface area contributed by atoms with E-state index in [0.717, 1.165) is 5.56 Å². The van der Waals surface area contributed by atoms with Crippen molar-refractivity contribution in [2.75, 3.05) is 6.61 Å². The van der Waals surface area contributed by atoms with Gasteiger partial charge in [0.25, 0.3) is 5.91 Å². The van der Waals surface area contributed by atoms with Crippen LogP contribution in [0.3, 0.4) is 0 Å². The van der Waals surface area contributed by atoms with Crippen molar-refractivity contribution in [1.29, 1.82) is 0 Å². The van der Waals surface area contributed by atoms with Crippen molar-refractivity contribution in [3.8, 4) is 5.75 Å². The molecule has 0 bridgehead atoms. The summed E-state index contributed by atoms with van der Waals surface area (Å²) < 4.78 is 0.694. The number of phenols is 1. The first-order chi connectivity index (χ1) is 10.1. The number of aromatic hydroxyl groups is 1. The minimum Gasteiger partial charge on any atom is -0.507 e. The lowest BCUT2D eigenvalue weighted by Gasteiger charge is -2.17. The molecule has 0 saturated carbocycles. The number of aliphatic hydroxyl groups excluding tert-OH is 1. The fourth-order valence-electron chi connectivity index (χ4n) is 2.02. The van der Waals surface area contributed by atoms with Crippen LogP contribution < -0.4 is 5.32 Å². The summed E-state index contributed by atoms with van der Waals surface area (Å²) in [7, 11) is 0. The summed E-state index contributed by atoms with van der Waals surface area (Å²) in [6.45, 7) is -0.169. The highest BCUT2D eigenvalue weighted by Gasteiger charge is 2.16. The van der Waals surface area contributed by atoms with Crippen molar-refractivity contribution < 1.29 is 15.0 Å².